The Labute approximate surface area is 77.1 Å². The monoisotopic (exact) mass is 177 g/mol. The number of carbonyl (C=O) groups excluding carboxylic acids is 1. The second kappa shape index (κ2) is 4.40. The minimum absolute atomic E-state index is 0.373. The molecular weight excluding hydrogens is 166 g/mol. The van der Waals surface area contributed by atoms with E-state index >= 15 is 0 Å². The van der Waals surface area contributed by atoms with Crippen LogP contribution in [0.15, 0.2) is 24.4 Å². The molecule has 0 aliphatic carbocycles. The van der Waals surface area contributed by atoms with Crippen LogP contribution in [0, 0.1) is 6.92 Å². The minimum Gasteiger partial charge on any atom is -0.466 e. The Bertz CT molecular complexity index is 314. The molecule has 0 spiro atoms. The Morgan fingerprint density at radius 2 is 2.31 bits per heavy atom. The van der Waals surface area contributed by atoms with Gasteiger partial charge in [-0.15, -0.1) is 0 Å². The molecule has 0 amide bonds. The molecule has 0 aliphatic heterocycles. The van der Waals surface area contributed by atoms with Gasteiger partial charge in [0.1, 0.15) is 0 Å². The molecule has 1 aromatic heterocycles. The van der Waals surface area contributed by atoms with Crippen LogP contribution in [0.2, 0.25) is 0 Å². The predicted molar refractivity (Wildman–Crippen MR) is 50.0 cm³/mol. The fourth-order valence-electron chi connectivity index (χ4n) is 0.799. The van der Waals surface area contributed by atoms with Crippen LogP contribution in [0.5, 0.6) is 0 Å². The van der Waals surface area contributed by atoms with E-state index in [0.717, 1.165) is 11.3 Å². The van der Waals surface area contributed by atoms with E-state index in [9.17, 15) is 4.79 Å². The van der Waals surface area contributed by atoms with Gasteiger partial charge in [-0.3, -0.25) is 4.98 Å². The van der Waals surface area contributed by atoms with Crippen molar-refractivity contribution in [3.8, 4) is 0 Å². The number of carbonyl (C=O) groups is 1. The molecule has 0 fully saturated rings. The lowest BCUT2D eigenvalue weighted by atomic mass is 10.2. The summed E-state index contributed by atoms with van der Waals surface area (Å²) in [5.74, 6) is -0.373. The highest BCUT2D eigenvalue weighted by molar-refractivity contribution is 5.86. The van der Waals surface area contributed by atoms with Crippen molar-refractivity contribution in [1.29, 1.82) is 0 Å². The first-order valence-corrected chi connectivity index (χ1v) is 3.91. The standard InChI is InChI=1S/C10H11NO2/c1-8-3-4-9(11-7-8)5-6-10(12)13-2/h3-7H,1-2H3. The summed E-state index contributed by atoms with van der Waals surface area (Å²) < 4.78 is 4.44. The van der Waals surface area contributed by atoms with Gasteiger partial charge in [0, 0.05) is 12.3 Å². The molecule has 1 heterocycles. The Morgan fingerprint density at radius 1 is 1.54 bits per heavy atom. The maximum Gasteiger partial charge on any atom is 0.330 e. The molecule has 1 aromatic rings. The van der Waals surface area contributed by atoms with E-state index in [1.807, 2.05) is 19.1 Å². The number of pyridine rings is 1. The zero-order chi connectivity index (χ0) is 9.68. The second-order valence-corrected chi connectivity index (χ2v) is 2.62. The topological polar surface area (TPSA) is 39.2 Å². The summed E-state index contributed by atoms with van der Waals surface area (Å²) in [6.45, 7) is 1.96. The quantitative estimate of drug-likeness (QED) is 0.508. The maximum absolute atomic E-state index is 10.7. The van der Waals surface area contributed by atoms with Crippen LogP contribution in [-0.2, 0) is 9.53 Å². The number of aromatic nitrogens is 1. The molecule has 3 nitrogen and oxygen atoms in total. The van der Waals surface area contributed by atoms with Gasteiger partial charge in [0.15, 0.2) is 0 Å². The van der Waals surface area contributed by atoms with Gasteiger partial charge in [0.2, 0.25) is 0 Å². The van der Waals surface area contributed by atoms with Crippen molar-refractivity contribution in [3.05, 3.63) is 35.7 Å². The van der Waals surface area contributed by atoms with Gasteiger partial charge in [-0.1, -0.05) is 6.07 Å². The molecule has 0 N–H and O–H groups in total. The summed E-state index contributed by atoms with van der Waals surface area (Å²) in [6, 6.07) is 3.78. The summed E-state index contributed by atoms with van der Waals surface area (Å²) >= 11 is 0. The summed E-state index contributed by atoms with van der Waals surface area (Å²) in [6.07, 6.45) is 4.71. The molecule has 0 atom stereocenters. The minimum atomic E-state index is -0.373. The van der Waals surface area contributed by atoms with Crippen molar-refractivity contribution in [2.75, 3.05) is 7.11 Å². The zero-order valence-electron chi connectivity index (χ0n) is 7.65. The van der Waals surface area contributed by atoms with E-state index in [2.05, 4.69) is 9.72 Å². The highest BCUT2D eigenvalue weighted by Crippen LogP contribution is 2.00. The van der Waals surface area contributed by atoms with E-state index < -0.39 is 0 Å². The number of hydrogen-bond donors (Lipinski definition) is 0. The molecule has 0 radical (unpaired) electrons. The number of ether oxygens (including phenoxy) is 1. The van der Waals surface area contributed by atoms with Crippen LogP contribution in [0.1, 0.15) is 11.3 Å². The average molecular weight is 177 g/mol. The van der Waals surface area contributed by atoms with Gasteiger partial charge in [0.05, 0.1) is 12.8 Å². The molecule has 3 heteroatoms. The van der Waals surface area contributed by atoms with Crippen LogP contribution in [0.25, 0.3) is 6.08 Å². The number of esters is 1. The SMILES string of the molecule is COC(=O)C=Cc1ccc(C)cn1. The Kier molecular flexibility index (Phi) is 3.20. The largest absolute Gasteiger partial charge is 0.466 e. The van der Waals surface area contributed by atoms with Crippen molar-refractivity contribution in [1.82, 2.24) is 4.98 Å². The summed E-state index contributed by atoms with van der Waals surface area (Å²) in [5, 5.41) is 0. The summed E-state index contributed by atoms with van der Waals surface area (Å²) in [4.78, 5) is 14.8. The van der Waals surface area contributed by atoms with E-state index in [0.29, 0.717) is 0 Å². The fourth-order valence-corrected chi connectivity index (χ4v) is 0.799. The first-order valence-electron chi connectivity index (χ1n) is 3.91. The van der Waals surface area contributed by atoms with E-state index in [4.69, 9.17) is 0 Å². The van der Waals surface area contributed by atoms with E-state index in [1.165, 1.54) is 13.2 Å². The third-order valence-corrected chi connectivity index (χ3v) is 1.53. The molecule has 68 valence electrons. The molecule has 0 saturated heterocycles. The smallest absolute Gasteiger partial charge is 0.330 e. The Hall–Kier alpha value is -1.64. The lowest BCUT2D eigenvalue weighted by molar-refractivity contribution is -0.134. The summed E-state index contributed by atoms with van der Waals surface area (Å²) in [5.41, 5.74) is 1.84. The van der Waals surface area contributed by atoms with Gasteiger partial charge in [-0.2, -0.15) is 0 Å². The van der Waals surface area contributed by atoms with Crippen LogP contribution >= 0.6 is 0 Å². The number of hydrogen-bond acceptors (Lipinski definition) is 3. The van der Waals surface area contributed by atoms with Crippen molar-refractivity contribution in [2.24, 2.45) is 0 Å². The van der Waals surface area contributed by atoms with Crippen LogP contribution in [-0.4, -0.2) is 18.1 Å². The lowest BCUT2D eigenvalue weighted by Crippen LogP contribution is -1.93. The fraction of sp³-hybridized carbons (Fsp3) is 0.200. The highest BCUT2D eigenvalue weighted by Gasteiger charge is 1.92. The molecule has 0 aliphatic rings. The number of rotatable bonds is 2. The van der Waals surface area contributed by atoms with Gasteiger partial charge >= 0.3 is 5.97 Å². The molecule has 0 aromatic carbocycles. The number of nitrogens with zero attached hydrogens (tertiary/aromatic N) is 1. The third-order valence-electron chi connectivity index (χ3n) is 1.53. The van der Waals surface area contributed by atoms with Crippen molar-refractivity contribution in [3.63, 3.8) is 0 Å². The van der Waals surface area contributed by atoms with Crippen LogP contribution < -0.4 is 0 Å². The first kappa shape index (κ1) is 9.45. The molecule has 1 rings (SSSR count). The van der Waals surface area contributed by atoms with E-state index in [-0.39, 0.29) is 5.97 Å². The Balaban J connectivity index is 2.69. The lowest BCUT2D eigenvalue weighted by Gasteiger charge is -1.93. The van der Waals surface area contributed by atoms with Crippen LogP contribution in [0.3, 0.4) is 0 Å². The maximum atomic E-state index is 10.7. The van der Waals surface area contributed by atoms with Crippen molar-refractivity contribution < 1.29 is 9.53 Å². The second-order valence-electron chi connectivity index (χ2n) is 2.62. The Morgan fingerprint density at radius 3 is 2.85 bits per heavy atom. The van der Waals surface area contributed by atoms with Gasteiger partial charge < -0.3 is 4.74 Å². The van der Waals surface area contributed by atoms with E-state index in [1.54, 1.807) is 12.3 Å². The normalized spacial score (nSPS) is 10.3. The molecular formula is C10H11NO2. The third kappa shape index (κ3) is 3.07. The molecule has 0 unspecified atom stereocenters. The molecule has 0 bridgehead atoms. The number of aryl methyl sites for hydroxylation is 1. The van der Waals surface area contributed by atoms with Crippen LogP contribution in [0.4, 0.5) is 0 Å². The first-order chi connectivity index (χ1) is 6.22. The van der Waals surface area contributed by atoms with Gasteiger partial charge in [0.25, 0.3) is 0 Å². The summed E-state index contributed by atoms with van der Waals surface area (Å²) in [7, 11) is 1.34. The molecule has 0 saturated carbocycles. The highest BCUT2D eigenvalue weighted by atomic mass is 16.5. The average Bonchev–Trinajstić information content (AvgIpc) is 2.16. The molecule has 13 heavy (non-hydrogen) atoms. The zero-order valence-corrected chi connectivity index (χ0v) is 7.65. The predicted octanol–water partition coefficient (Wildman–Crippen LogP) is 1.58. The van der Waals surface area contributed by atoms with Gasteiger partial charge in [-0.05, 0) is 24.6 Å². The number of methoxy groups -OCH3 is 1. The van der Waals surface area contributed by atoms with Crippen molar-refractivity contribution >= 4 is 12.0 Å². The van der Waals surface area contributed by atoms with Crippen molar-refractivity contribution in [2.45, 2.75) is 6.92 Å². The van der Waals surface area contributed by atoms with Gasteiger partial charge in [-0.25, -0.2) is 4.79 Å².